The molecule has 0 spiro atoms. The number of aromatic nitrogens is 1. The summed E-state index contributed by atoms with van der Waals surface area (Å²) in [7, 11) is 0. The van der Waals surface area contributed by atoms with Crippen LogP contribution in [-0.4, -0.2) is 41.7 Å². The molecular formula is C22H27N3O5. The van der Waals surface area contributed by atoms with E-state index in [4.69, 9.17) is 9.47 Å². The fraction of sp³-hybridized carbons (Fsp3) is 0.409. The third-order valence-corrected chi connectivity index (χ3v) is 5.03. The summed E-state index contributed by atoms with van der Waals surface area (Å²) in [6.07, 6.45) is 1.23. The van der Waals surface area contributed by atoms with Crippen LogP contribution < -0.4 is 10.6 Å². The summed E-state index contributed by atoms with van der Waals surface area (Å²) in [6.45, 7) is 6.38. The molecule has 0 radical (unpaired) electrons. The van der Waals surface area contributed by atoms with Crippen molar-refractivity contribution in [1.82, 2.24) is 4.57 Å². The van der Waals surface area contributed by atoms with E-state index in [0.29, 0.717) is 35.8 Å². The average Bonchev–Trinajstić information content (AvgIpc) is 3.34. The molecule has 8 nitrogen and oxygen atoms in total. The van der Waals surface area contributed by atoms with Gasteiger partial charge in [0, 0.05) is 29.4 Å². The molecular weight excluding hydrogens is 386 g/mol. The van der Waals surface area contributed by atoms with Crippen molar-refractivity contribution in [2.45, 2.75) is 46.3 Å². The first kappa shape index (κ1) is 21.6. The summed E-state index contributed by atoms with van der Waals surface area (Å²) in [6, 6.07) is 8.64. The first-order valence-electron chi connectivity index (χ1n) is 10.0. The molecule has 2 amide bonds. The number of ether oxygens (including phenoxy) is 2. The fourth-order valence-corrected chi connectivity index (χ4v) is 3.45. The lowest BCUT2D eigenvalue weighted by Crippen LogP contribution is -2.26. The van der Waals surface area contributed by atoms with Gasteiger partial charge in [0.1, 0.15) is 12.6 Å². The number of nitrogens with zero attached hydrogens (tertiary/aromatic N) is 1. The smallest absolute Gasteiger partial charge is 0.339 e. The maximum absolute atomic E-state index is 12.5. The molecule has 1 fully saturated rings. The molecule has 1 atom stereocenters. The Bertz CT molecular complexity index is 927. The molecule has 2 N–H and O–H groups in total. The van der Waals surface area contributed by atoms with E-state index >= 15 is 0 Å². The van der Waals surface area contributed by atoms with E-state index in [-0.39, 0.29) is 18.4 Å². The summed E-state index contributed by atoms with van der Waals surface area (Å²) in [4.78, 5) is 36.6. The average molecular weight is 413 g/mol. The molecule has 1 aromatic heterocycles. The van der Waals surface area contributed by atoms with Crippen molar-refractivity contribution in [3.8, 4) is 0 Å². The lowest BCUT2D eigenvalue weighted by atomic mass is 10.2. The second-order valence-corrected chi connectivity index (χ2v) is 7.21. The van der Waals surface area contributed by atoms with Gasteiger partial charge in [-0.15, -0.1) is 0 Å². The molecule has 8 heteroatoms. The second-order valence-electron chi connectivity index (χ2n) is 7.21. The Kier molecular flexibility index (Phi) is 6.89. The van der Waals surface area contributed by atoms with Crippen LogP contribution in [0, 0.1) is 13.8 Å². The van der Waals surface area contributed by atoms with Crippen LogP contribution in [0.4, 0.5) is 11.4 Å². The molecule has 2 aromatic rings. The van der Waals surface area contributed by atoms with Crippen molar-refractivity contribution >= 4 is 29.2 Å². The third-order valence-electron chi connectivity index (χ3n) is 5.03. The van der Waals surface area contributed by atoms with Crippen LogP contribution in [-0.2, 0) is 25.6 Å². The fourth-order valence-electron chi connectivity index (χ4n) is 3.45. The number of hydrogen-bond acceptors (Lipinski definition) is 5. The van der Waals surface area contributed by atoms with Gasteiger partial charge < -0.3 is 24.7 Å². The van der Waals surface area contributed by atoms with Gasteiger partial charge in [0.05, 0.1) is 12.2 Å². The van der Waals surface area contributed by atoms with Crippen molar-refractivity contribution in [2.24, 2.45) is 0 Å². The standard InChI is InChI=1S/C22H27N3O5/c1-4-29-22(28)18-12-14(2)25(15(18)3)13-20(26)23-16-7-9-17(10-8-16)24-21(27)19-6-5-11-30-19/h7-10,12,19H,4-6,11,13H2,1-3H3,(H,23,26)(H,24,27). The SMILES string of the molecule is CCOC(=O)c1cc(C)n(CC(=O)Nc2ccc(NC(=O)C3CCCO3)cc2)c1C. The quantitative estimate of drug-likeness (QED) is 0.680. The Morgan fingerprint density at radius 2 is 1.80 bits per heavy atom. The maximum Gasteiger partial charge on any atom is 0.339 e. The van der Waals surface area contributed by atoms with Gasteiger partial charge in [0.15, 0.2) is 0 Å². The third kappa shape index (κ3) is 5.07. The van der Waals surface area contributed by atoms with Crippen LogP contribution in [0.15, 0.2) is 30.3 Å². The van der Waals surface area contributed by atoms with Gasteiger partial charge >= 0.3 is 5.97 Å². The van der Waals surface area contributed by atoms with Crippen LogP contribution in [0.1, 0.15) is 41.5 Å². The number of carbonyl (C=O) groups is 3. The highest BCUT2D eigenvalue weighted by atomic mass is 16.5. The molecule has 30 heavy (non-hydrogen) atoms. The molecule has 1 aliphatic heterocycles. The lowest BCUT2D eigenvalue weighted by Gasteiger charge is -2.12. The number of benzene rings is 1. The van der Waals surface area contributed by atoms with E-state index in [1.54, 1.807) is 48.7 Å². The van der Waals surface area contributed by atoms with Gasteiger partial charge in [-0.3, -0.25) is 9.59 Å². The van der Waals surface area contributed by atoms with Crippen LogP contribution in [0.2, 0.25) is 0 Å². The predicted octanol–water partition coefficient (Wildman–Crippen LogP) is 3.04. The number of rotatable bonds is 7. The van der Waals surface area contributed by atoms with Crippen molar-refractivity contribution < 1.29 is 23.9 Å². The Morgan fingerprint density at radius 1 is 1.13 bits per heavy atom. The molecule has 0 aliphatic carbocycles. The number of nitrogens with one attached hydrogen (secondary N) is 2. The van der Waals surface area contributed by atoms with Crippen molar-refractivity contribution in [2.75, 3.05) is 23.8 Å². The summed E-state index contributed by atoms with van der Waals surface area (Å²) < 4.78 is 12.2. The largest absolute Gasteiger partial charge is 0.462 e. The normalized spacial score (nSPS) is 15.6. The first-order chi connectivity index (χ1) is 14.4. The highest BCUT2D eigenvalue weighted by molar-refractivity contribution is 5.95. The summed E-state index contributed by atoms with van der Waals surface area (Å²) in [5, 5.41) is 5.65. The molecule has 160 valence electrons. The van der Waals surface area contributed by atoms with Crippen LogP contribution >= 0.6 is 0 Å². The zero-order valence-corrected chi connectivity index (χ0v) is 17.5. The molecule has 1 unspecified atom stereocenters. The van der Waals surface area contributed by atoms with Gasteiger partial charge in [-0.25, -0.2) is 4.79 Å². The van der Waals surface area contributed by atoms with E-state index in [1.165, 1.54) is 0 Å². The van der Waals surface area contributed by atoms with Gasteiger partial charge in [0.2, 0.25) is 5.91 Å². The molecule has 1 aliphatic rings. The molecule has 0 saturated carbocycles. The maximum atomic E-state index is 12.5. The number of anilines is 2. The van der Waals surface area contributed by atoms with Crippen molar-refractivity contribution in [1.29, 1.82) is 0 Å². The number of amides is 2. The highest BCUT2D eigenvalue weighted by Crippen LogP contribution is 2.19. The zero-order valence-electron chi connectivity index (χ0n) is 17.5. The second kappa shape index (κ2) is 9.58. The van der Waals surface area contributed by atoms with Crippen molar-refractivity contribution in [3.05, 3.63) is 47.3 Å². The number of esters is 1. The minimum Gasteiger partial charge on any atom is -0.462 e. The monoisotopic (exact) mass is 413 g/mol. The van der Waals surface area contributed by atoms with Gasteiger partial charge in [-0.1, -0.05) is 0 Å². The lowest BCUT2D eigenvalue weighted by molar-refractivity contribution is -0.124. The Labute approximate surface area is 175 Å². The molecule has 2 heterocycles. The molecule has 3 rings (SSSR count). The van der Waals surface area contributed by atoms with Gasteiger partial charge in [0.25, 0.3) is 5.91 Å². The van der Waals surface area contributed by atoms with E-state index in [0.717, 1.165) is 18.5 Å². The van der Waals surface area contributed by atoms with Crippen LogP contribution in [0.25, 0.3) is 0 Å². The molecule has 1 saturated heterocycles. The summed E-state index contributed by atoms with van der Waals surface area (Å²) >= 11 is 0. The number of carbonyl (C=O) groups excluding carboxylic acids is 3. The van der Waals surface area contributed by atoms with Crippen LogP contribution in [0.3, 0.4) is 0 Å². The minimum absolute atomic E-state index is 0.0780. The Balaban J connectivity index is 1.58. The Morgan fingerprint density at radius 3 is 2.40 bits per heavy atom. The number of hydrogen-bond donors (Lipinski definition) is 2. The van der Waals surface area contributed by atoms with Crippen molar-refractivity contribution in [3.63, 3.8) is 0 Å². The summed E-state index contributed by atoms with van der Waals surface area (Å²) in [5.74, 6) is -0.763. The van der Waals surface area contributed by atoms with E-state index < -0.39 is 12.1 Å². The topological polar surface area (TPSA) is 98.7 Å². The Hall–Kier alpha value is -3.13. The molecule has 1 aromatic carbocycles. The van der Waals surface area contributed by atoms with Gasteiger partial charge in [-0.2, -0.15) is 0 Å². The van der Waals surface area contributed by atoms with Crippen LogP contribution in [0.5, 0.6) is 0 Å². The number of aryl methyl sites for hydroxylation is 1. The first-order valence-corrected chi connectivity index (χ1v) is 10.0. The van der Waals surface area contributed by atoms with E-state index in [9.17, 15) is 14.4 Å². The summed E-state index contributed by atoms with van der Waals surface area (Å²) in [5.41, 5.74) is 3.22. The minimum atomic E-state index is -0.392. The zero-order chi connectivity index (χ0) is 21.7. The van der Waals surface area contributed by atoms with E-state index in [1.807, 2.05) is 6.92 Å². The van der Waals surface area contributed by atoms with Gasteiger partial charge in [-0.05, 0) is 63.9 Å². The van der Waals surface area contributed by atoms with E-state index in [2.05, 4.69) is 10.6 Å². The molecule has 0 bridgehead atoms. The predicted molar refractivity (Wildman–Crippen MR) is 113 cm³/mol. The highest BCUT2D eigenvalue weighted by Gasteiger charge is 2.23.